The van der Waals surface area contributed by atoms with Crippen LogP contribution < -0.4 is 10.7 Å². The first-order valence-electron chi connectivity index (χ1n) is 8.38. The van der Waals surface area contributed by atoms with Gasteiger partial charge in [-0.05, 0) is 12.3 Å². The molecule has 0 bridgehead atoms. The van der Waals surface area contributed by atoms with Gasteiger partial charge in [0.2, 0.25) is 0 Å². The predicted octanol–water partition coefficient (Wildman–Crippen LogP) is 2.79. The highest BCUT2D eigenvalue weighted by Crippen LogP contribution is 2.40. The first-order chi connectivity index (χ1) is 12.3. The average Bonchev–Trinajstić information content (AvgIpc) is 2.55. The molecule has 0 saturated carbocycles. The summed E-state index contributed by atoms with van der Waals surface area (Å²) in [5.41, 5.74) is -2.25. The number of aromatic hydroxyl groups is 1. The van der Waals surface area contributed by atoms with E-state index < -0.39 is 39.9 Å². The summed E-state index contributed by atoms with van der Waals surface area (Å²) in [6, 6.07) is 0. The molecule has 1 heterocycles. The Morgan fingerprint density at radius 3 is 2.59 bits per heavy atom. The average molecular weight is 385 g/mol. The highest BCUT2D eigenvalue weighted by Gasteiger charge is 2.37. The number of carbonyl (C=O) groups excluding carboxylic acids is 1. The first-order valence-corrected chi connectivity index (χ1v) is 8.38. The van der Waals surface area contributed by atoms with E-state index in [-0.39, 0.29) is 12.5 Å². The Kier molecular flexibility index (Phi) is 5.53. The van der Waals surface area contributed by atoms with Crippen molar-refractivity contribution in [3.63, 3.8) is 0 Å². The van der Waals surface area contributed by atoms with Gasteiger partial charge in [-0.25, -0.2) is 0 Å². The summed E-state index contributed by atoms with van der Waals surface area (Å²) in [5.74, 6) is -1.69. The van der Waals surface area contributed by atoms with Crippen molar-refractivity contribution in [3.8, 4) is 5.75 Å². The molecule has 148 valence electrons. The van der Waals surface area contributed by atoms with E-state index >= 15 is 0 Å². The molecule has 2 rings (SSSR count). The summed E-state index contributed by atoms with van der Waals surface area (Å²) in [4.78, 5) is 23.6. The molecular weight excluding hydrogens is 363 g/mol. The number of nitrogens with zero attached hydrogens (tertiary/aromatic N) is 2. The van der Waals surface area contributed by atoms with Crippen LogP contribution >= 0.6 is 0 Å². The third-order valence-corrected chi connectivity index (χ3v) is 4.48. The number of carbonyl (C=O) groups is 1. The monoisotopic (exact) mass is 385 g/mol. The molecule has 1 aromatic heterocycles. The minimum Gasteiger partial charge on any atom is -0.503 e. The number of amides is 1. The lowest BCUT2D eigenvalue weighted by atomic mass is 9.76. The molecule has 0 fully saturated rings. The summed E-state index contributed by atoms with van der Waals surface area (Å²) < 4.78 is 40.6. The van der Waals surface area contributed by atoms with Crippen molar-refractivity contribution in [3.05, 3.63) is 45.4 Å². The van der Waals surface area contributed by atoms with Crippen LogP contribution in [0.4, 0.5) is 13.2 Å². The number of rotatable bonds is 4. The van der Waals surface area contributed by atoms with E-state index in [2.05, 4.69) is 10.4 Å². The molecule has 0 spiro atoms. The number of alkyl halides is 3. The topological polar surface area (TPSA) is 84.2 Å². The van der Waals surface area contributed by atoms with E-state index in [1.54, 1.807) is 20.8 Å². The maximum atomic E-state index is 13.1. The summed E-state index contributed by atoms with van der Waals surface area (Å²) in [5, 5.41) is 16.0. The fourth-order valence-corrected chi connectivity index (χ4v) is 3.03. The van der Waals surface area contributed by atoms with E-state index in [1.807, 2.05) is 0 Å². The third kappa shape index (κ3) is 4.58. The molecule has 1 unspecified atom stereocenters. The molecule has 6 nitrogen and oxygen atoms in total. The molecule has 0 aliphatic heterocycles. The van der Waals surface area contributed by atoms with Crippen LogP contribution in [0.25, 0.3) is 0 Å². The molecule has 9 heteroatoms. The Hall–Kier alpha value is -2.58. The van der Waals surface area contributed by atoms with E-state index in [0.717, 1.165) is 12.3 Å². The molecule has 1 aromatic rings. The highest BCUT2D eigenvalue weighted by atomic mass is 19.4. The fraction of sp³-hybridized carbons (Fsp3) is 0.500. The van der Waals surface area contributed by atoms with Crippen molar-refractivity contribution in [2.75, 3.05) is 7.05 Å². The second-order valence-electron chi connectivity index (χ2n) is 7.32. The number of nitrogens with one attached hydrogen (secondary N) is 1. The van der Waals surface area contributed by atoms with E-state index in [4.69, 9.17) is 0 Å². The second-order valence-corrected chi connectivity index (χ2v) is 7.32. The van der Waals surface area contributed by atoms with Gasteiger partial charge in [-0.15, -0.1) is 0 Å². The van der Waals surface area contributed by atoms with Crippen molar-refractivity contribution in [1.29, 1.82) is 0 Å². The van der Waals surface area contributed by atoms with E-state index in [1.165, 1.54) is 17.8 Å². The zero-order chi connectivity index (χ0) is 20.6. The lowest BCUT2D eigenvalue weighted by Gasteiger charge is -2.33. The zero-order valence-corrected chi connectivity index (χ0v) is 15.5. The molecule has 0 saturated heterocycles. The highest BCUT2D eigenvalue weighted by molar-refractivity contribution is 5.92. The molecular formula is C18H22F3N3O3. The van der Waals surface area contributed by atoms with Crippen molar-refractivity contribution in [2.24, 2.45) is 11.3 Å². The largest absolute Gasteiger partial charge is 0.503 e. The van der Waals surface area contributed by atoms with Crippen LogP contribution in [0.1, 0.15) is 37.7 Å². The summed E-state index contributed by atoms with van der Waals surface area (Å²) in [7, 11) is 1.32. The van der Waals surface area contributed by atoms with Gasteiger partial charge in [0.25, 0.3) is 11.3 Å². The summed E-state index contributed by atoms with van der Waals surface area (Å²) >= 11 is 0. The molecule has 27 heavy (non-hydrogen) atoms. The zero-order valence-electron chi connectivity index (χ0n) is 15.5. The van der Waals surface area contributed by atoms with E-state index in [9.17, 15) is 27.9 Å². The molecule has 0 aromatic carbocycles. The number of allylic oxidation sites excluding steroid dienone is 4. The molecule has 1 atom stereocenters. The van der Waals surface area contributed by atoms with Crippen LogP contribution in [-0.2, 0) is 6.54 Å². The SMILES string of the molecule is CNC(=O)c1nn(CC(C)(C)C2=CC(C(F)(F)F)=CC(C)C2)cc(O)c1=O. The van der Waals surface area contributed by atoms with Crippen LogP contribution in [0.3, 0.4) is 0 Å². The predicted molar refractivity (Wildman–Crippen MR) is 93.3 cm³/mol. The summed E-state index contributed by atoms with van der Waals surface area (Å²) in [6.07, 6.45) is -0.573. The Labute approximate surface area is 154 Å². The van der Waals surface area contributed by atoms with Crippen LogP contribution in [0.5, 0.6) is 5.75 Å². The lowest BCUT2D eigenvalue weighted by molar-refractivity contribution is -0.0891. The van der Waals surface area contributed by atoms with Crippen molar-refractivity contribution < 1.29 is 23.1 Å². The minimum atomic E-state index is -4.43. The number of hydrogen-bond acceptors (Lipinski definition) is 4. The van der Waals surface area contributed by atoms with Gasteiger partial charge in [0, 0.05) is 19.0 Å². The normalized spacial score (nSPS) is 18.0. The van der Waals surface area contributed by atoms with Crippen molar-refractivity contribution >= 4 is 5.91 Å². The van der Waals surface area contributed by atoms with Crippen LogP contribution in [0, 0.1) is 11.3 Å². The molecule has 0 radical (unpaired) electrons. The smallest absolute Gasteiger partial charge is 0.416 e. The third-order valence-electron chi connectivity index (χ3n) is 4.48. The Balaban J connectivity index is 2.40. The van der Waals surface area contributed by atoms with Crippen molar-refractivity contribution in [2.45, 2.75) is 39.9 Å². The number of aromatic nitrogens is 2. The van der Waals surface area contributed by atoms with Crippen LogP contribution in [0.15, 0.2) is 34.3 Å². The maximum absolute atomic E-state index is 13.1. The van der Waals surface area contributed by atoms with E-state index in [0.29, 0.717) is 12.0 Å². The van der Waals surface area contributed by atoms with Gasteiger partial charge in [-0.2, -0.15) is 18.3 Å². The van der Waals surface area contributed by atoms with Gasteiger partial charge in [-0.1, -0.05) is 38.5 Å². The van der Waals surface area contributed by atoms with Crippen LogP contribution in [-0.4, -0.2) is 34.0 Å². The second kappa shape index (κ2) is 7.21. The van der Waals surface area contributed by atoms with Gasteiger partial charge in [0.1, 0.15) is 0 Å². The van der Waals surface area contributed by atoms with Crippen LogP contribution in [0.2, 0.25) is 0 Å². The van der Waals surface area contributed by atoms with Gasteiger partial charge < -0.3 is 10.4 Å². The van der Waals surface area contributed by atoms with Gasteiger partial charge >= 0.3 is 6.18 Å². The maximum Gasteiger partial charge on any atom is 0.416 e. The molecule has 2 N–H and O–H groups in total. The Morgan fingerprint density at radius 2 is 2.04 bits per heavy atom. The quantitative estimate of drug-likeness (QED) is 0.835. The Bertz CT molecular complexity index is 867. The molecule has 1 aliphatic rings. The lowest BCUT2D eigenvalue weighted by Crippen LogP contribution is -2.32. The molecule has 1 aliphatic carbocycles. The first kappa shape index (κ1) is 20.7. The van der Waals surface area contributed by atoms with Gasteiger partial charge in [0.05, 0.1) is 11.8 Å². The van der Waals surface area contributed by atoms with Crippen molar-refractivity contribution in [1.82, 2.24) is 15.1 Å². The summed E-state index contributed by atoms with van der Waals surface area (Å²) in [6.45, 7) is 5.29. The van der Waals surface area contributed by atoms with Gasteiger partial charge in [0.15, 0.2) is 11.4 Å². The number of halogens is 3. The fourth-order valence-electron chi connectivity index (χ4n) is 3.03. The standard InChI is InChI=1S/C18H22F3N3O3/c1-10-5-11(7-12(6-10)18(19,20)21)17(2,3)9-24-8-13(25)15(26)14(23-24)16(27)22-4/h6-8,10,25H,5,9H2,1-4H3,(H,22,27). The minimum absolute atomic E-state index is 0.0779. The van der Waals surface area contributed by atoms with Gasteiger partial charge in [-0.3, -0.25) is 14.3 Å². The Morgan fingerprint density at radius 1 is 1.41 bits per heavy atom. The number of hydrogen-bond donors (Lipinski definition) is 2. The molecule has 1 amide bonds.